The number of thiazole rings is 1. The number of nitrogens with zero attached hydrogens (tertiary/aromatic N) is 2. The lowest BCUT2D eigenvalue weighted by Gasteiger charge is -2.33. The molecule has 0 bridgehead atoms. The van der Waals surface area contributed by atoms with Gasteiger partial charge in [0, 0.05) is 25.0 Å². The van der Waals surface area contributed by atoms with Gasteiger partial charge in [0.15, 0.2) is 0 Å². The van der Waals surface area contributed by atoms with Crippen LogP contribution >= 0.6 is 11.3 Å². The van der Waals surface area contributed by atoms with Crippen LogP contribution in [0.1, 0.15) is 28.3 Å². The Bertz CT molecular complexity index is 676. The molecule has 0 aliphatic carbocycles. The Morgan fingerprint density at radius 1 is 1.38 bits per heavy atom. The Hall–Kier alpha value is -1.70. The van der Waals surface area contributed by atoms with Crippen LogP contribution in [0.4, 0.5) is 0 Å². The van der Waals surface area contributed by atoms with Crippen LogP contribution in [-0.4, -0.2) is 48.6 Å². The summed E-state index contributed by atoms with van der Waals surface area (Å²) in [6.07, 6.45) is 0.317. The van der Waals surface area contributed by atoms with Gasteiger partial charge in [-0.05, 0) is 26.0 Å². The topological polar surface area (TPSA) is 67.6 Å². The van der Waals surface area contributed by atoms with Gasteiger partial charge >= 0.3 is 0 Å². The van der Waals surface area contributed by atoms with E-state index in [0.717, 1.165) is 35.3 Å². The number of morpholine rings is 1. The molecule has 3 rings (SSSR count). The molecule has 130 valence electrons. The minimum Gasteiger partial charge on any atom is -0.465 e. The minimum absolute atomic E-state index is 0.0122. The summed E-state index contributed by atoms with van der Waals surface area (Å²) < 4.78 is 11.2. The van der Waals surface area contributed by atoms with Crippen molar-refractivity contribution in [1.82, 2.24) is 15.2 Å². The summed E-state index contributed by atoms with van der Waals surface area (Å²) in [5, 5.41) is 5.95. The Balaban J connectivity index is 1.61. The maximum Gasteiger partial charge on any atom is 0.226 e. The molecule has 1 amide bonds. The second kappa shape index (κ2) is 7.92. The van der Waals surface area contributed by atoms with E-state index in [4.69, 9.17) is 9.15 Å². The third-order valence-electron chi connectivity index (χ3n) is 4.08. The molecule has 1 N–H and O–H groups in total. The van der Waals surface area contributed by atoms with Crippen molar-refractivity contribution in [3.05, 3.63) is 39.7 Å². The van der Waals surface area contributed by atoms with Crippen molar-refractivity contribution in [2.75, 3.05) is 32.8 Å². The molecule has 3 heterocycles. The van der Waals surface area contributed by atoms with E-state index in [-0.39, 0.29) is 11.9 Å². The molecule has 1 saturated heterocycles. The molecule has 1 fully saturated rings. The zero-order valence-electron chi connectivity index (χ0n) is 14.1. The highest BCUT2D eigenvalue weighted by atomic mass is 32.1. The maximum absolute atomic E-state index is 12.2. The Labute approximate surface area is 145 Å². The predicted octanol–water partition coefficient (Wildman–Crippen LogP) is 2.09. The third-order valence-corrected chi connectivity index (χ3v) is 4.90. The van der Waals surface area contributed by atoms with Crippen molar-refractivity contribution in [3.8, 4) is 0 Å². The van der Waals surface area contributed by atoms with Crippen LogP contribution in [-0.2, 0) is 16.0 Å². The second-order valence-corrected chi connectivity index (χ2v) is 7.01. The highest BCUT2D eigenvalue weighted by Gasteiger charge is 2.25. The van der Waals surface area contributed by atoms with Crippen molar-refractivity contribution >= 4 is 17.2 Å². The fourth-order valence-corrected chi connectivity index (χ4v) is 3.47. The van der Waals surface area contributed by atoms with Gasteiger partial charge in [-0.1, -0.05) is 0 Å². The molecule has 0 aromatic carbocycles. The van der Waals surface area contributed by atoms with Crippen LogP contribution in [0.3, 0.4) is 0 Å². The molecular formula is C17H23N3O3S. The minimum atomic E-state index is -0.0122. The quantitative estimate of drug-likeness (QED) is 0.865. The number of carbonyl (C=O) groups is 1. The van der Waals surface area contributed by atoms with Crippen LogP contribution in [0.15, 0.2) is 21.9 Å². The second-order valence-electron chi connectivity index (χ2n) is 5.95. The van der Waals surface area contributed by atoms with E-state index in [9.17, 15) is 4.79 Å². The molecular weight excluding hydrogens is 326 g/mol. The largest absolute Gasteiger partial charge is 0.465 e. The van der Waals surface area contributed by atoms with Gasteiger partial charge in [-0.15, -0.1) is 11.3 Å². The number of hydrogen-bond donors (Lipinski definition) is 1. The third kappa shape index (κ3) is 4.43. The summed E-state index contributed by atoms with van der Waals surface area (Å²) in [6.45, 7) is 7.50. The van der Waals surface area contributed by atoms with Gasteiger partial charge in [0.05, 0.1) is 36.4 Å². The number of nitrogens with one attached hydrogen (secondary N) is 1. The van der Waals surface area contributed by atoms with Gasteiger partial charge in [-0.2, -0.15) is 0 Å². The Morgan fingerprint density at radius 3 is 2.79 bits per heavy atom. The summed E-state index contributed by atoms with van der Waals surface area (Å²) in [4.78, 5) is 18.9. The van der Waals surface area contributed by atoms with E-state index in [2.05, 4.69) is 15.2 Å². The fraction of sp³-hybridized carbons (Fsp3) is 0.529. The van der Waals surface area contributed by atoms with Crippen LogP contribution in [0, 0.1) is 13.8 Å². The van der Waals surface area contributed by atoms with Crippen molar-refractivity contribution < 1.29 is 13.9 Å². The highest BCUT2D eigenvalue weighted by Crippen LogP contribution is 2.23. The van der Waals surface area contributed by atoms with Gasteiger partial charge in [0.1, 0.15) is 11.5 Å². The number of furan rings is 1. The zero-order valence-corrected chi connectivity index (χ0v) is 14.9. The molecule has 0 spiro atoms. The van der Waals surface area contributed by atoms with Crippen LogP contribution in [0.25, 0.3) is 0 Å². The van der Waals surface area contributed by atoms with Gasteiger partial charge in [0.2, 0.25) is 5.91 Å². The summed E-state index contributed by atoms with van der Waals surface area (Å²) in [7, 11) is 0. The van der Waals surface area contributed by atoms with E-state index < -0.39 is 0 Å². The molecule has 2 aromatic heterocycles. The first-order chi connectivity index (χ1) is 11.6. The average Bonchev–Trinajstić information content (AvgIpc) is 3.17. The lowest BCUT2D eigenvalue weighted by Crippen LogP contribution is -2.44. The van der Waals surface area contributed by atoms with Gasteiger partial charge in [-0.3, -0.25) is 9.69 Å². The highest BCUT2D eigenvalue weighted by molar-refractivity contribution is 7.09. The van der Waals surface area contributed by atoms with E-state index in [1.165, 1.54) is 0 Å². The van der Waals surface area contributed by atoms with E-state index in [1.54, 1.807) is 11.3 Å². The molecule has 0 radical (unpaired) electrons. The number of hydrogen-bond acceptors (Lipinski definition) is 6. The molecule has 0 unspecified atom stereocenters. The first-order valence-electron chi connectivity index (χ1n) is 8.17. The van der Waals surface area contributed by atoms with Crippen molar-refractivity contribution in [1.29, 1.82) is 0 Å². The summed E-state index contributed by atoms with van der Waals surface area (Å²) in [5.41, 5.74) is 0.826. The maximum atomic E-state index is 12.2. The number of ether oxygens (including phenoxy) is 1. The van der Waals surface area contributed by atoms with Crippen molar-refractivity contribution in [2.45, 2.75) is 26.3 Å². The smallest absolute Gasteiger partial charge is 0.226 e. The Kier molecular flexibility index (Phi) is 5.65. The molecule has 7 heteroatoms. The number of carbonyl (C=O) groups excluding carboxylic acids is 1. The summed E-state index contributed by atoms with van der Waals surface area (Å²) >= 11 is 1.56. The first kappa shape index (κ1) is 17.1. The number of rotatable bonds is 6. The standard InChI is InChI=1S/C17H23N3O3S/c1-12-3-4-16(23-12)15(20-5-7-22-8-6-20)10-18-17(21)9-14-11-24-13(2)19-14/h3-4,11,15H,5-10H2,1-2H3,(H,18,21)/t15-/m1/s1. The lowest BCUT2D eigenvalue weighted by atomic mass is 10.1. The van der Waals surface area contributed by atoms with E-state index in [1.807, 2.05) is 31.4 Å². The molecule has 1 aliphatic rings. The van der Waals surface area contributed by atoms with Crippen LogP contribution in [0.2, 0.25) is 0 Å². The van der Waals surface area contributed by atoms with Gasteiger partial charge in [-0.25, -0.2) is 4.98 Å². The molecule has 24 heavy (non-hydrogen) atoms. The number of aryl methyl sites for hydroxylation is 2. The fourth-order valence-electron chi connectivity index (χ4n) is 2.86. The Morgan fingerprint density at radius 2 is 2.17 bits per heavy atom. The van der Waals surface area contributed by atoms with Gasteiger partial charge < -0.3 is 14.5 Å². The number of amides is 1. The van der Waals surface area contributed by atoms with Crippen LogP contribution < -0.4 is 5.32 Å². The van der Waals surface area contributed by atoms with Gasteiger partial charge in [0.25, 0.3) is 0 Å². The predicted molar refractivity (Wildman–Crippen MR) is 92.1 cm³/mol. The monoisotopic (exact) mass is 349 g/mol. The lowest BCUT2D eigenvalue weighted by molar-refractivity contribution is -0.120. The average molecular weight is 349 g/mol. The molecule has 2 aromatic rings. The zero-order chi connectivity index (χ0) is 16.9. The summed E-state index contributed by atoms with van der Waals surface area (Å²) in [5.74, 6) is 1.76. The van der Waals surface area contributed by atoms with E-state index in [0.29, 0.717) is 26.2 Å². The molecule has 6 nitrogen and oxygen atoms in total. The van der Waals surface area contributed by atoms with Crippen molar-refractivity contribution in [3.63, 3.8) is 0 Å². The number of aromatic nitrogens is 1. The molecule has 1 aliphatic heterocycles. The molecule has 0 saturated carbocycles. The normalized spacial score (nSPS) is 16.9. The van der Waals surface area contributed by atoms with Crippen molar-refractivity contribution in [2.24, 2.45) is 0 Å². The summed E-state index contributed by atoms with van der Waals surface area (Å²) in [6, 6.07) is 3.98. The first-order valence-corrected chi connectivity index (χ1v) is 9.05. The van der Waals surface area contributed by atoms with Crippen LogP contribution in [0.5, 0.6) is 0 Å². The SMILES string of the molecule is Cc1ccc([C@@H](CNC(=O)Cc2csc(C)n2)N2CCOCC2)o1. The van der Waals surface area contributed by atoms with E-state index >= 15 is 0 Å². The molecule has 1 atom stereocenters.